The molecule has 100 valence electrons. The Morgan fingerprint density at radius 2 is 2.00 bits per heavy atom. The lowest BCUT2D eigenvalue weighted by Crippen LogP contribution is -2.12. The van der Waals surface area contributed by atoms with Gasteiger partial charge in [0, 0.05) is 39.0 Å². The van der Waals surface area contributed by atoms with Crippen molar-refractivity contribution >= 4 is 48.9 Å². The molecule has 0 spiro atoms. The first-order valence-corrected chi connectivity index (χ1v) is 7.90. The smallest absolute Gasteiger partial charge is 0.270 e. The van der Waals surface area contributed by atoms with E-state index < -0.39 is 4.92 Å². The van der Waals surface area contributed by atoms with E-state index in [0.29, 0.717) is 6.54 Å². The van der Waals surface area contributed by atoms with Crippen molar-refractivity contribution in [3.05, 3.63) is 59.1 Å². The van der Waals surface area contributed by atoms with Crippen molar-refractivity contribution in [1.29, 1.82) is 0 Å². The minimum atomic E-state index is -0.398. The zero-order valence-corrected chi connectivity index (χ0v) is 13.7. The second kappa shape index (κ2) is 6.60. The second-order valence-corrected chi connectivity index (χ2v) is 6.54. The van der Waals surface area contributed by atoms with Gasteiger partial charge in [-0.05, 0) is 39.0 Å². The lowest BCUT2D eigenvalue weighted by molar-refractivity contribution is -0.384. The summed E-state index contributed by atoms with van der Waals surface area (Å²) in [6.45, 7) is 1.42. The molecular formula is C12H10Br2N2O2S. The SMILES string of the molecule is O=[N+]([O-])c1ccc(CNCc2sccc2Br)c(Br)c1. The third-order valence-electron chi connectivity index (χ3n) is 2.54. The van der Waals surface area contributed by atoms with E-state index >= 15 is 0 Å². The van der Waals surface area contributed by atoms with Gasteiger partial charge in [-0.2, -0.15) is 0 Å². The van der Waals surface area contributed by atoms with Crippen LogP contribution in [-0.4, -0.2) is 4.92 Å². The Hall–Kier alpha value is -0.760. The van der Waals surface area contributed by atoms with Crippen molar-refractivity contribution < 1.29 is 4.92 Å². The normalized spacial score (nSPS) is 10.6. The van der Waals surface area contributed by atoms with Gasteiger partial charge in [-0.15, -0.1) is 11.3 Å². The maximum Gasteiger partial charge on any atom is 0.270 e. The highest BCUT2D eigenvalue weighted by molar-refractivity contribution is 9.10. The third kappa shape index (κ3) is 3.85. The first kappa shape index (κ1) is 14.6. The van der Waals surface area contributed by atoms with Crippen LogP contribution in [0.25, 0.3) is 0 Å². The number of non-ortho nitro benzene ring substituents is 1. The van der Waals surface area contributed by atoms with Crippen molar-refractivity contribution in [2.24, 2.45) is 0 Å². The van der Waals surface area contributed by atoms with E-state index in [4.69, 9.17) is 0 Å². The maximum absolute atomic E-state index is 10.6. The molecule has 1 heterocycles. The molecule has 0 aliphatic heterocycles. The van der Waals surface area contributed by atoms with Gasteiger partial charge >= 0.3 is 0 Å². The van der Waals surface area contributed by atoms with Gasteiger partial charge in [-0.25, -0.2) is 0 Å². The van der Waals surface area contributed by atoms with Gasteiger partial charge in [0.2, 0.25) is 0 Å². The molecule has 0 saturated carbocycles. The molecule has 0 saturated heterocycles. The largest absolute Gasteiger partial charge is 0.308 e. The fraction of sp³-hybridized carbons (Fsp3) is 0.167. The van der Waals surface area contributed by atoms with Gasteiger partial charge in [-0.1, -0.05) is 15.9 Å². The third-order valence-corrected chi connectivity index (χ3v) is 5.20. The number of halogens is 2. The zero-order chi connectivity index (χ0) is 13.8. The van der Waals surface area contributed by atoms with Gasteiger partial charge in [0.25, 0.3) is 5.69 Å². The van der Waals surface area contributed by atoms with Gasteiger partial charge in [-0.3, -0.25) is 10.1 Å². The Morgan fingerprint density at radius 1 is 1.21 bits per heavy atom. The molecule has 7 heteroatoms. The molecule has 0 aliphatic carbocycles. The number of thiophene rings is 1. The number of nitrogens with zero attached hydrogens (tertiary/aromatic N) is 1. The van der Waals surface area contributed by atoms with Crippen LogP contribution >= 0.6 is 43.2 Å². The molecule has 1 aromatic carbocycles. The number of benzene rings is 1. The molecule has 2 aromatic rings. The Balaban J connectivity index is 1.96. The molecule has 0 unspecified atom stereocenters. The Kier molecular flexibility index (Phi) is 5.09. The number of nitro benzene ring substituents is 1. The second-order valence-electron chi connectivity index (χ2n) is 3.83. The average Bonchev–Trinajstić information content (AvgIpc) is 2.77. The van der Waals surface area contributed by atoms with Crippen LogP contribution < -0.4 is 5.32 Å². The lowest BCUT2D eigenvalue weighted by Gasteiger charge is -2.06. The van der Waals surface area contributed by atoms with Crippen LogP contribution in [0.4, 0.5) is 5.69 Å². The summed E-state index contributed by atoms with van der Waals surface area (Å²) < 4.78 is 1.85. The highest BCUT2D eigenvalue weighted by Gasteiger charge is 2.09. The summed E-state index contributed by atoms with van der Waals surface area (Å²) in [6.07, 6.45) is 0. The van der Waals surface area contributed by atoms with Gasteiger partial charge in [0.15, 0.2) is 0 Å². The van der Waals surface area contributed by atoms with E-state index in [1.807, 2.05) is 11.4 Å². The molecule has 1 aromatic heterocycles. The summed E-state index contributed by atoms with van der Waals surface area (Å²) in [4.78, 5) is 11.5. The number of nitro groups is 1. The van der Waals surface area contributed by atoms with Crippen LogP contribution in [0.3, 0.4) is 0 Å². The highest BCUT2D eigenvalue weighted by atomic mass is 79.9. The number of hydrogen-bond acceptors (Lipinski definition) is 4. The molecule has 0 fully saturated rings. The van der Waals surface area contributed by atoms with Crippen LogP contribution in [0.15, 0.2) is 38.6 Å². The van der Waals surface area contributed by atoms with Gasteiger partial charge < -0.3 is 5.32 Å². The van der Waals surface area contributed by atoms with Crippen molar-refractivity contribution in [3.8, 4) is 0 Å². The molecule has 0 bridgehead atoms. The highest BCUT2D eigenvalue weighted by Crippen LogP contribution is 2.24. The zero-order valence-electron chi connectivity index (χ0n) is 9.73. The van der Waals surface area contributed by atoms with Crippen LogP contribution in [0, 0.1) is 10.1 Å². The van der Waals surface area contributed by atoms with Crippen molar-refractivity contribution in [2.45, 2.75) is 13.1 Å². The Labute approximate surface area is 131 Å². The molecule has 0 atom stereocenters. The number of nitrogens with one attached hydrogen (secondary N) is 1. The number of hydrogen-bond donors (Lipinski definition) is 1. The number of rotatable bonds is 5. The monoisotopic (exact) mass is 404 g/mol. The van der Waals surface area contributed by atoms with E-state index in [2.05, 4.69) is 37.2 Å². The summed E-state index contributed by atoms with van der Waals surface area (Å²) in [5.41, 5.74) is 1.09. The molecule has 4 nitrogen and oxygen atoms in total. The van der Waals surface area contributed by atoms with E-state index in [-0.39, 0.29) is 5.69 Å². The Morgan fingerprint density at radius 3 is 2.58 bits per heavy atom. The molecule has 0 radical (unpaired) electrons. The molecule has 1 N–H and O–H groups in total. The van der Waals surface area contributed by atoms with Crippen molar-refractivity contribution in [1.82, 2.24) is 5.32 Å². The summed E-state index contributed by atoms with van der Waals surface area (Å²) in [5, 5.41) is 16.0. The summed E-state index contributed by atoms with van der Waals surface area (Å²) in [7, 11) is 0. The minimum Gasteiger partial charge on any atom is -0.308 e. The Bertz CT molecular complexity index is 601. The quantitative estimate of drug-likeness (QED) is 0.589. The van der Waals surface area contributed by atoms with Crippen LogP contribution in [0.2, 0.25) is 0 Å². The van der Waals surface area contributed by atoms with Crippen LogP contribution in [0.1, 0.15) is 10.4 Å². The maximum atomic E-state index is 10.6. The lowest BCUT2D eigenvalue weighted by atomic mass is 10.2. The van der Waals surface area contributed by atoms with E-state index in [0.717, 1.165) is 21.1 Å². The summed E-state index contributed by atoms with van der Waals surface area (Å²) in [6, 6.07) is 6.82. The van der Waals surface area contributed by atoms with Gasteiger partial charge in [0.1, 0.15) is 0 Å². The fourth-order valence-electron chi connectivity index (χ4n) is 1.56. The first-order chi connectivity index (χ1) is 9.08. The topological polar surface area (TPSA) is 55.2 Å². The molecule has 19 heavy (non-hydrogen) atoms. The van der Waals surface area contributed by atoms with E-state index in [1.54, 1.807) is 17.4 Å². The first-order valence-electron chi connectivity index (χ1n) is 5.43. The summed E-state index contributed by atoms with van der Waals surface area (Å²) in [5.74, 6) is 0. The molecule has 2 rings (SSSR count). The molecule has 0 aliphatic rings. The van der Waals surface area contributed by atoms with Crippen molar-refractivity contribution in [3.63, 3.8) is 0 Å². The predicted molar refractivity (Wildman–Crippen MR) is 83.4 cm³/mol. The van der Waals surface area contributed by atoms with Crippen molar-refractivity contribution in [2.75, 3.05) is 0 Å². The molecule has 0 amide bonds. The minimum absolute atomic E-state index is 0.0941. The average molecular weight is 406 g/mol. The fourth-order valence-corrected chi connectivity index (χ4v) is 3.52. The van der Waals surface area contributed by atoms with Gasteiger partial charge in [0.05, 0.1) is 4.92 Å². The predicted octanol–water partition coefficient (Wildman–Crippen LogP) is 4.47. The molecular weight excluding hydrogens is 396 g/mol. The van der Waals surface area contributed by atoms with E-state index in [9.17, 15) is 10.1 Å². The van der Waals surface area contributed by atoms with E-state index in [1.165, 1.54) is 17.0 Å². The standard InChI is InChI=1S/C12H10Br2N2O2S/c13-10-3-4-19-12(10)7-15-6-8-1-2-9(16(17)18)5-11(8)14/h1-5,15H,6-7H2. The van der Waals surface area contributed by atoms with Crippen LogP contribution in [0.5, 0.6) is 0 Å². The summed E-state index contributed by atoms with van der Waals surface area (Å²) >= 11 is 8.52. The van der Waals surface area contributed by atoms with Crippen LogP contribution in [-0.2, 0) is 13.1 Å².